The van der Waals surface area contributed by atoms with Gasteiger partial charge in [-0.25, -0.2) is 0 Å². The molecule has 1 aliphatic rings. The second-order valence-electron chi connectivity index (χ2n) is 5.62. The fraction of sp³-hybridized carbons (Fsp3) is 0.929. The number of carbonyl (C=O) groups excluding carboxylic acids is 1. The van der Waals surface area contributed by atoms with Gasteiger partial charge in [0.25, 0.3) is 0 Å². The SMILES string of the molecule is CC(C)C(CI)NC(=O)CCC1CCCCC1. The highest BCUT2D eigenvalue weighted by atomic mass is 127. The summed E-state index contributed by atoms with van der Waals surface area (Å²) in [5, 5.41) is 3.16. The van der Waals surface area contributed by atoms with Gasteiger partial charge in [0.05, 0.1) is 0 Å². The average molecular weight is 351 g/mol. The van der Waals surface area contributed by atoms with Crippen LogP contribution in [0.25, 0.3) is 0 Å². The minimum Gasteiger partial charge on any atom is -0.352 e. The highest BCUT2D eigenvalue weighted by molar-refractivity contribution is 14.1. The lowest BCUT2D eigenvalue weighted by atomic mass is 9.86. The first-order valence-electron chi connectivity index (χ1n) is 6.98. The Morgan fingerprint density at radius 3 is 2.47 bits per heavy atom. The van der Waals surface area contributed by atoms with Crippen LogP contribution in [0.15, 0.2) is 0 Å². The summed E-state index contributed by atoms with van der Waals surface area (Å²) in [4.78, 5) is 11.8. The summed E-state index contributed by atoms with van der Waals surface area (Å²) in [6.45, 7) is 4.34. The number of carbonyl (C=O) groups is 1. The summed E-state index contributed by atoms with van der Waals surface area (Å²) in [6, 6.07) is 0.342. The smallest absolute Gasteiger partial charge is 0.220 e. The maximum atomic E-state index is 11.8. The first-order chi connectivity index (χ1) is 8.13. The maximum absolute atomic E-state index is 11.8. The third kappa shape index (κ3) is 6.07. The van der Waals surface area contributed by atoms with E-state index in [0.717, 1.165) is 23.2 Å². The number of halogens is 1. The van der Waals surface area contributed by atoms with Crippen molar-refractivity contribution in [3.63, 3.8) is 0 Å². The van der Waals surface area contributed by atoms with E-state index in [1.807, 2.05) is 0 Å². The zero-order valence-electron chi connectivity index (χ0n) is 11.2. The first kappa shape index (κ1) is 15.3. The van der Waals surface area contributed by atoms with Crippen LogP contribution in [0.5, 0.6) is 0 Å². The molecule has 0 radical (unpaired) electrons. The number of nitrogens with one attached hydrogen (secondary N) is 1. The lowest BCUT2D eigenvalue weighted by Crippen LogP contribution is -2.39. The van der Waals surface area contributed by atoms with Gasteiger partial charge in [-0.1, -0.05) is 68.5 Å². The fourth-order valence-corrected chi connectivity index (χ4v) is 3.71. The molecule has 100 valence electrons. The maximum Gasteiger partial charge on any atom is 0.220 e. The van der Waals surface area contributed by atoms with Crippen LogP contribution in [0.4, 0.5) is 0 Å². The van der Waals surface area contributed by atoms with E-state index < -0.39 is 0 Å². The van der Waals surface area contributed by atoms with Gasteiger partial charge in [-0.3, -0.25) is 4.79 Å². The lowest BCUT2D eigenvalue weighted by molar-refractivity contribution is -0.122. The van der Waals surface area contributed by atoms with Crippen molar-refractivity contribution in [2.24, 2.45) is 11.8 Å². The van der Waals surface area contributed by atoms with E-state index in [1.54, 1.807) is 0 Å². The number of hydrogen-bond acceptors (Lipinski definition) is 1. The molecule has 1 aliphatic carbocycles. The van der Waals surface area contributed by atoms with Crippen molar-refractivity contribution in [1.82, 2.24) is 5.32 Å². The molecule has 0 saturated heterocycles. The third-order valence-electron chi connectivity index (χ3n) is 3.82. The Balaban J connectivity index is 2.19. The molecule has 0 spiro atoms. The molecule has 0 aliphatic heterocycles. The zero-order chi connectivity index (χ0) is 12.7. The predicted molar refractivity (Wildman–Crippen MR) is 81.5 cm³/mol. The monoisotopic (exact) mass is 351 g/mol. The average Bonchev–Trinajstić information content (AvgIpc) is 2.34. The van der Waals surface area contributed by atoms with E-state index in [4.69, 9.17) is 0 Å². The molecule has 17 heavy (non-hydrogen) atoms. The van der Waals surface area contributed by atoms with Gasteiger partial charge in [-0.2, -0.15) is 0 Å². The zero-order valence-corrected chi connectivity index (χ0v) is 13.3. The van der Waals surface area contributed by atoms with Gasteiger partial charge < -0.3 is 5.32 Å². The van der Waals surface area contributed by atoms with Crippen molar-refractivity contribution in [3.8, 4) is 0 Å². The molecule has 0 heterocycles. The Morgan fingerprint density at radius 2 is 1.94 bits per heavy atom. The van der Waals surface area contributed by atoms with E-state index in [0.29, 0.717) is 12.0 Å². The van der Waals surface area contributed by atoms with Crippen LogP contribution < -0.4 is 5.32 Å². The number of rotatable bonds is 6. The fourth-order valence-electron chi connectivity index (χ4n) is 2.47. The van der Waals surface area contributed by atoms with E-state index in [2.05, 4.69) is 41.8 Å². The van der Waals surface area contributed by atoms with Gasteiger partial charge in [0, 0.05) is 16.9 Å². The van der Waals surface area contributed by atoms with E-state index >= 15 is 0 Å². The van der Waals surface area contributed by atoms with Gasteiger partial charge in [-0.05, 0) is 18.3 Å². The largest absolute Gasteiger partial charge is 0.352 e. The van der Waals surface area contributed by atoms with Gasteiger partial charge in [-0.15, -0.1) is 0 Å². The molecule has 0 aromatic heterocycles. The van der Waals surface area contributed by atoms with Gasteiger partial charge in [0.15, 0.2) is 0 Å². The molecule has 1 atom stereocenters. The quantitative estimate of drug-likeness (QED) is 0.570. The second kappa shape index (κ2) is 8.33. The van der Waals surface area contributed by atoms with Crippen LogP contribution in [-0.2, 0) is 4.79 Å². The number of alkyl halides is 1. The minimum absolute atomic E-state index is 0.255. The molecule has 1 amide bonds. The molecule has 3 heteroatoms. The predicted octanol–water partition coefficient (Wildman–Crippen LogP) is 3.92. The van der Waals surface area contributed by atoms with E-state index in [9.17, 15) is 4.79 Å². The van der Waals surface area contributed by atoms with Gasteiger partial charge in [0.1, 0.15) is 0 Å². The van der Waals surface area contributed by atoms with Crippen LogP contribution in [0.3, 0.4) is 0 Å². The highest BCUT2D eigenvalue weighted by Gasteiger charge is 2.17. The molecule has 1 saturated carbocycles. The lowest BCUT2D eigenvalue weighted by Gasteiger charge is -2.23. The van der Waals surface area contributed by atoms with Crippen molar-refractivity contribution < 1.29 is 4.79 Å². The highest BCUT2D eigenvalue weighted by Crippen LogP contribution is 2.27. The van der Waals surface area contributed by atoms with Crippen molar-refractivity contribution >= 4 is 28.5 Å². The molecule has 1 fully saturated rings. The molecule has 1 N–H and O–H groups in total. The van der Waals surface area contributed by atoms with Crippen LogP contribution in [0.1, 0.15) is 58.8 Å². The molecular weight excluding hydrogens is 325 g/mol. The summed E-state index contributed by atoms with van der Waals surface area (Å²) in [5.74, 6) is 1.60. The molecule has 1 rings (SSSR count). The Morgan fingerprint density at radius 1 is 1.29 bits per heavy atom. The summed E-state index contributed by atoms with van der Waals surface area (Å²) < 4.78 is 1.00. The van der Waals surface area contributed by atoms with E-state index in [-0.39, 0.29) is 5.91 Å². The molecule has 0 bridgehead atoms. The second-order valence-corrected chi connectivity index (χ2v) is 6.50. The molecule has 0 aromatic rings. The Kier molecular flexibility index (Phi) is 7.47. The van der Waals surface area contributed by atoms with Crippen molar-refractivity contribution in [3.05, 3.63) is 0 Å². The van der Waals surface area contributed by atoms with Crippen molar-refractivity contribution in [2.75, 3.05) is 4.43 Å². The summed E-state index contributed by atoms with van der Waals surface area (Å²) in [5.41, 5.74) is 0. The molecule has 1 unspecified atom stereocenters. The Hall–Kier alpha value is 0.200. The van der Waals surface area contributed by atoms with Gasteiger partial charge in [0.2, 0.25) is 5.91 Å². The van der Waals surface area contributed by atoms with Gasteiger partial charge >= 0.3 is 0 Å². The molecule has 0 aromatic carbocycles. The van der Waals surface area contributed by atoms with Crippen molar-refractivity contribution in [2.45, 2.75) is 64.8 Å². The Labute approximate surface area is 119 Å². The normalized spacial score (nSPS) is 19.3. The first-order valence-corrected chi connectivity index (χ1v) is 8.51. The molecule has 2 nitrogen and oxygen atoms in total. The minimum atomic E-state index is 0.255. The van der Waals surface area contributed by atoms with Crippen LogP contribution in [0, 0.1) is 11.8 Å². The summed E-state index contributed by atoms with van der Waals surface area (Å²) in [7, 11) is 0. The standard InChI is InChI=1S/C14H26INO/c1-11(2)13(10-15)16-14(17)9-8-12-6-4-3-5-7-12/h11-13H,3-10H2,1-2H3,(H,16,17). The van der Waals surface area contributed by atoms with Crippen LogP contribution in [-0.4, -0.2) is 16.4 Å². The Bertz CT molecular complexity index is 224. The van der Waals surface area contributed by atoms with E-state index in [1.165, 1.54) is 32.1 Å². The van der Waals surface area contributed by atoms with Crippen LogP contribution >= 0.6 is 22.6 Å². The number of amides is 1. The molecular formula is C14H26INO. The van der Waals surface area contributed by atoms with Crippen molar-refractivity contribution in [1.29, 1.82) is 0 Å². The van der Waals surface area contributed by atoms with Crippen LogP contribution in [0.2, 0.25) is 0 Å². The summed E-state index contributed by atoms with van der Waals surface area (Å²) in [6.07, 6.45) is 8.64. The third-order valence-corrected chi connectivity index (χ3v) is 4.77. The topological polar surface area (TPSA) is 29.1 Å². The number of hydrogen-bond donors (Lipinski definition) is 1. The summed E-state index contributed by atoms with van der Waals surface area (Å²) >= 11 is 2.36.